The van der Waals surface area contributed by atoms with E-state index in [9.17, 15) is 9.59 Å². The van der Waals surface area contributed by atoms with E-state index in [2.05, 4.69) is 15.7 Å². The Balaban J connectivity index is 1.58. The van der Waals surface area contributed by atoms with Crippen molar-refractivity contribution in [1.82, 2.24) is 0 Å². The van der Waals surface area contributed by atoms with Gasteiger partial charge in [-0.15, -0.1) is 10.2 Å². The summed E-state index contributed by atoms with van der Waals surface area (Å²) >= 11 is 0. The lowest BCUT2D eigenvalue weighted by atomic mass is 10.2. The zero-order valence-electron chi connectivity index (χ0n) is 16.9. The van der Waals surface area contributed by atoms with Crippen LogP contribution in [0.2, 0.25) is 0 Å². The maximum Gasteiger partial charge on any atom is 0.362 e. The van der Waals surface area contributed by atoms with Crippen LogP contribution in [0.4, 0.5) is 17.1 Å². The highest BCUT2D eigenvalue weighted by molar-refractivity contribution is 5.95. The van der Waals surface area contributed by atoms with Crippen molar-refractivity contribution in [3.05, 3.63) is 77.9 Å². The maximum atomic E-state index is 12.2. The van der Waals surface area contributed by atoms with E-state index >= 15 is 0 Å². The number of hydrogen-bond donors (Lipinski definition) is 2. The van der Waals surface area contributed by atoms with Gasteiger partial charge in [0.15, 0.2) is 11.5 Å². The number of rotatable bonds is 7. The van der Waals surface area contributed by atoms with Gasteiger partial charge in [-0.3, -0.25) is 4.79 Å². The van der Waals surface area contributed by atoms with Gasteiger partial charge in [0.2, 0.25) is 0 Å². The number of azo groups is 1. The van der Waals surface area contributed by atoms with Gasteiger partial charge in [0.25, 0.3) is 5.91 Å². The molecular weight excluding hydrogens is 400 g/mol. The van der Waals surface area contributed by atoms with Gasteiger partial charge >= 0.3 is 5.97 Å². The van der Waals surface area contributed by atoms with Crippen molar-refractivity contribution in [2.45, 2.75) is 0 Å². The minimum absolute atomic E-state index is 0.288. The second-order valence-electron chi connectivity index (χ2n) is 6.24. The van der Waals surface area contributed by atoms with E-state index in [1.165, 1.54) is 26.4 Å². The molecule has 3 aromatic carbocycles. The Morgan fingerprint density at radius 3 is 2.29 bits per heavy atom. The molecule has 0 aliphatic carbocycles. The van der Waals surface area contributed by atoms with Crippen molar-refractivity contribution in [1.29, 1.82) is 0 Å². The van der Waals surface area contributed by atoms with Gasteiger partial charge in [-0.2, -0.15) is 0 Å². The summed E-state index contributed by atoms with van der Waals surface area (Å²) in [4.78, 5) is 29.3. The number of carbonyl (C=O) groups is 2. The first-order valence-corrected chi connectivity index (χ1v) is 9.11. The summed E-state index contributed by atoms with van der Waals surface area (Å²) in [6.45, 7) is 0. The number of nitrogens with zero attached hydrogens (tertiary/aromatic N) is 2. The number of hydrogen-bond acceptors (Lipinski definition) is 8. The molecule has 0 bridgehead atoms. The van der Waals surface area contributed by atoms with E-state index in [0.29, 0.717) is 34.1 Å². The first-order chi connectivity index (χ1) is 15.0. The number of nitrogen functional groups attached to an aromatic ring is 1. The van der Waals surface area contributed by atoms with E-state index in [0.717, 1.165) is 0 Å². The number of anilines is 2. The first kappa shape index (κ1) is 21.3. The van der Waals surface area contributed by atoms with E-state index in [-0.39, 0.29) is 5.56 Å². The molecule has 158 valence electrons. The standard InChI is InChI=1S/C22H20N4O5/c1-29-19-11-6-15(13-20(19)30-2)22(28)31-26-18-9-7-17(8-10-18)24-25-21(27)14-4-3-5-16(23)12-14/h3-13,26H,23H2,1-2H3. The molecule has 9 nitrogen and oxygen atoms in total. The second-order valence-corrected chi connectivity index (χ2v) is 6.24. The van der Waals surface area contributed by atoms with E-state index in [1.807, 2.05) is 0 Å². The van der Waals surface area contributed by atoms with Crippen LogP contribution in [0.15, 0.2) is 77.0 Å². The summed E-state index contributed by atoms with van der Waals surface area (Å²) < 4.78 is 10.3. The quantitative estimate of drug-likeness (QED) is 0.330. The topological polar surface area (TPSA) is 125 Å². The Kier molecular flexibility index (Phi) is 6.79. The van der Waals surface area contributed by atoms with Crippen molar-refractivity contribution in [3.63, 3.8) is 0 Å². The van der Waals surface area contributed by atoms with Gasteiger partial charge in [0.1, 0.15) is 0 Å². The fraction of sp³-hybridized carbons (Fsp3) is 0.0909. The summed E-state index contributed by atoms with van der Waals surface area (Å²) in [6.07, 6.45) is 0. The van der Waals surface area contributed by atoms with Crippen LogP contribution in [0.3, 0.4) is 0 Å². The van der Waals surface area contributed by atoms with Crippen LogP contribution in [-0.4, -0.2) is 26.1 Å². The van der Waals surface area contributed by atoms with E-state index < -0.39 is 11.9 Å². The predicted molar refractivity (Wildman–Crippen MR) is 115 cm³/mol. The molecule has 0 saturated heterocycles. The van der Waals surface area contributed by atoms with Crippen LogP contribution in [0, 0.1) is 0 Å². The molecule has 0 spiro atoms. The third kappa shape index (κ3) is 5.57. The summed E-state index contributed by atoms with van der Waals surface area (Å²) in [5, 5.41) is 7.59. The van der Waals surface area contributed by atoms with Crippen LogP contribution >= 0.6 is 0 Å². The van der Waals surface area contributed by atoms with Gasteiger partial charge in [0.05, 0.1) is 31.2 Å². The molecule has 0 saturated carbocycles. The smallest absolute Gasteiger partial charge is 0.362 e. The Labute approximate surface area is 178 Å². The molecule has 0 radical (unpaired) electrons. The molecular formula is C22H20N4O5. The fourth-order valence-electron chi connectivity index (χ4n) is 2.56. The third-order valence-corrected chi connectivity index (χ3v) is 4.14. The average molecular weight is 420 g/mol. The lowest BCUT2D eigenvalue weighted by molar-refractivity contribution is 0.0596. The summed E-state index contributed by atoms with van der Waals surface area (Å²) in [6, 6.07) is 17.7. The van der Waals surface area contributed by atoms with Gasteiger partial charge < -0.3 is 20.0 Å². The Morgan fingerprint density at radius 2 is 1.61 bits per heavy atom. The number of amides is 1. The largest absolute Gasteiger partial charge is 0.493 e. The van der Waals surface area contributed by atoms with Crippen molar-refractivity contribution in [2.75, 3.05) is 25.4 Å². The minimum atomic E-state index is -0.600. The highest BCUT2D eigenvalue weighted by Gasteiger charge is 2.12. The van der Waals surface area contributed by atoms with Crippen molar-refractivity contribution < 1.29 is 23.9 Å². The number of methoxy groups -OCH3 is 2. The predicted octanol–water partition coefficient (Wildman–Crippen LogP) is 4.39. The molecule has 3 aromatic rings. The molecule has 31 heavy (non-hydrogen) atoms. The highest BCUT2D eigenvalue weighted by Crippen LogP contribution is 2.28. The molecule has 0 aliphatic rings. The number of nitrogens with two attached hydrogens (primary N) is 1. The lowest BCUT2D eigenvalue weighted by Crippen LogP contribution is -2.11. The number of ether oxygens (including phenoxy) is 2. The van der Waals surface area contributed by atoms with E-state index in [1.54, 1.807) is 54.6 Å². The second kappa shape index (κ2) is 9.88. The van der Waals surface area contributed by atoms with Crippen molar-refractivity contribution in [3.8, 4) is 11.5 Å². The van der Waals surface area contributed by atoms with Gasteiger partial charge in [-0.25, -0.2) is 10.3 Å². The van der Waals surface area contributed by atoms with Gasteiger partial charge in [0, 0.05) is 11.3 Å². The first-order valence-electron chi connectivity index (χ1n) is 9.11. The van der Waals surface area contributed by atoms with Crippen LogP contribution in [-0.2, 0) is 4.84 Å². The molecule has 0 heterocycles. The molecule has 1 amide bonds. The van der Waals surface area contributed by atoms with Crippen LogP contribution in [0.1, 0.15) is 20.7 Å². The molecule has 0 fully saturated rings. The van der Waals surface area contributed by atoms with E-state index in [4.69, 9.17) is 20.0 Å². The molecule has 0 aromatic heterocycles. The van der Waals surface area contributed by atoms with Gasteiger partial charge in [-0.1, -0.05) is 6.07 Å². The third-order valence-electron chi connectivity index (χ3n) is 4.14. The molecule has 3 N–H and O–H groups in total. The summed E-state index contributed by atoms with van der Waals surface area (Å²) in [7, 11) is 2.99. The van der Waals surface area contributed by atoms with Crippen LogP contribution < -0.4 is 20.7 Å². The zero-order valence-corrected chi connectivity index (χ0v) is 16.9. The number of carbonyl (C=O) groups excluding carboxylic acids is 2. The average Bonchev–Trinajstić information content (AvgIpc) is 2.81. The van der Waals surface area contributed by atoms with Crippen LogP contribution in [0.5, 0.6) is 11.5 Å². The Bertz CT molecular complexity index is 1110. The maximum absolute atomic E-state index is 12.2. The van der Waals surface area contributed by atoms with Crippen molar-refractivity contribution >= 4 is 28.9 Å². The molecule has 0 atom stereocenters. The Morgan fingerprint density at radius 1 is 0.871 bits per heavy atom. The minimum Gasteiger partial charge on any atom is -0.493 e. The van der Waals surface area contributed by atoms with Crippen molar-refractivity contribution in [2.24, 2.45) is 10.2 Å². The zero-order chi connectivity index (χ0) is 22.2. The Hall–Kier alpha value is -4.40. The highest BCUT2D eigenvalue weighted by atomic mass is 16.7. The molecule has 3 rings (SSSR count). The normalized spacial score (nSPS) is 10.5. The molecule has 0 aliphatic heterocycles. The lowest BCUT2D eigenvalue weighted by Gasteiger charge is -2.10. The van der Waals surface area contributed by atoms with Gasteiger partial charge in [-0.05, 0) is 60.7 Å². The SMILES string of the molecule is COc1ccc(C(=O)ONc2ccc(N=NC(=O)c3cccc(N)c3)cc2)cc1OC. The van der Waals surface area contributed by atoms with Crippen LogP contribution in [0.25, 0.3) is 0 Å². The number of nitrogens with one attached hydrogen (secondary N) is 1. The number of benzene rings is 3. The molecule has 9 heteroatoms. The summed E-state index contributed by atoms with van der Waals surface area (Å²) in [5.41, 5.74) is 10.3. The molecule has 0 unspecified atom stereocenters. The monoisotopic (exact) mass is 420 g/mol. The fourth-order valence-corrected chi connectivity index (χ4v) is 2.56. The summed E-state index contributed by atoms with van der Waals surface area (Å²) in [5.74, 6) is -0.179.